The fourth-order valence-corrected chi connectivity index (χ4v) is 4.90. The Morgan fingerprint density at radius 2 is 2.00 bits per heavy atom. The Balaban J connectivity index is 1.58. The summed E-state index contributed by atoms with van der Waals surface area (Å²) in [6.07, 6.45) is -1.54. The standard InChI is InChI=1S/C21H22F2N2O4S/c22-19(23)14-2-1-3-15(10-14)25(11-16-4-5-18(30-16)20(26)27)21(28)29-17-12-24-8-6-13(17)7-9-24/h1-5,10,13,17,19H,6-9,11-12H2,(H,26,27)/t17-/m0/s1. The van der Waals surface area contributed by atoms with Crippen LogP contribution in [0.15, 0.2) is 36.4 Å². The fraction of sp³-hybridized carbons (Fsp3) is 0.429. The number of halogens is 2. The van der Waals surface area contributed by atoms with Gasteiger partial charge in [-0.25, -0.2) is 18.4 Å². The van der Waals surface area contributed by atoms with E-state index in [0.717, 1.165) is 37.3 Å². The number of nitrogens with zero attached hydrogens (tertiary/aromatic N) is 2. The molecule has 3 aliphatic rings. The summed E-state index contributed by atoms with van der Waals surface area (Å²) < 4.78 is 32.2. The van der Waals surface area contributed by atoms with Gasteiger partial charge in [-0.15, -0.1) is 11.3 Å². The Morgan fingerprint density at radius 1 is 1.23 bits per heavy atom. The molecule has 0 radical (unpaired) electrons. The van der Waals surface area contributed by atoms with Gasteiger partial charge in [0.15, 0.2) is 0 Å². The fourth-order valence-electron chi connectivity index (χ4n) is 4.06. The van der Waals surface area contributed by atoms with E-state index in [1.54, 1.807) is 12.1 Å². The van der Waals surface area contributed by atoms with Crippen LogP contribution in [0.3, 0.4) is 0 Å². The topological polar surface area (TPSA) is 70.1 Å². The summed E-state index contributed by atoms with van der Waals surface area (Å²) in [5.41, 5.74) is 0.106. The van der Waals surface area contributed by atoms with E-state index in [2.05, 4.69) is 4.90 Å². The largest absolute Gasteiger partial charge is 0.477 e. The van der Waals surface area contributed by atoms with E-state index in [1.165, 1.54) is 29.2 Å². The van der Waals surface area contributed by atoms with E-state index in [1.807, 2.05) is 0 Å². The van der Waals surface area contributed by atoms with Gasteiger partial charge >= 0.3 is 12.1 Å². The summed E-state index contributed by atoms with van der Waals surface area (Å²) in [4.78, 5) is 28.6. The number of carbonyl (C=O) groups is 2. The van der Waals surface area contributed by atoms with Gasteiger partial charge < -0.3 is 9.84 Å². The predicted octanol–water partition coefficient (Wildman–Crippen LogP) is 4.62. The minimum Gasteiger partial charge on any atom is -0.477 e. The number of anilines is 1. The van der Waals surface area contributed by atoms with Crippen LogP contribution in [0, 0.1) is 5.92 Å². The van der Waals surface area contributed by atoms with E-state index in [-0.39, 0.29) is 23.1 Å². The third kappa shape index (κ3) is 4.46. The minimum absolute atomic E-state index is 0.0462. The summed E-state index contributed by atoms with van der Waals surface area (Å²) in [5.74, 6) is -0.735. The molecule has 1 N–H and O–H groups in total. The van der Waals surface area contributed by atoms with Crippen molar-refractivity contribution in [1.82, 2.24) is 4.90 Å². The van der Waals surface area contributed by atoms with Crippen molar-refractivity contribution in [3.8, 4) is 0 Å². The van der Waals surface area contributed by atoms with E-state index in [0.29, 0.717) is 23.0 Å². The second-order valence-electron chi connectivity index (χ2n) is 7.61. The molecule has 9 heteroatoms. The van der Waals surface area contributed by atoms with Gasteiger partial charge in [-0.1, -0.05) is 12.1 Å². The van der Waals surface area contributed by atoms with Crippen LogP contribution in [0.25, 0.3) is 0 Å². The van der Waals surface area contributed by atoms with Crippen molar-refractivity contribution in [2.45, 2.75) is 31.9 Å². The van der Waals surface area contributed by atoms with Gasteiger partial charge in [0.25, 0.3) is 6.43 Å². The molecule has 30 heavy (non-hydrogen) atoms. The zero-order valence-corrected chi connectivity index (χ0v) is 17.0. The molecule has 1 amide bonds. The van der Waals surface area contributed by atoms with Crippen molar-refractivity contribution < 1.29 is 28.2 Å². The summed E-state index contributed by atoms with van der Waals surface area (Å²) in [7, 11) is 0. The highest BCUT2D eigenvalue weighted by Crippen LogP contribution is 2.32. The molecule has 0 saturated carbocycles. The molecule has 3 saturated heterocycles. The molecule has 4 heterocycles. The Kier molecular flexibility index (Phi) is 6.01. The van der Waals surface area contributed by atoms with Gasteiger partial charge in [0.1, 0.15) is 11.0 Å². The SMILES string of the molecule is O=C(O)c1ccc(CN(C(=O)O[C@H]2CN3CCC2CC3)c2cccc(C(F)F)c2)s1. The molecule has 160 valence electrons. The first-order valence-corrected chi connectivity index (χ1v) is 10.6. The Hall–Kier alpha value is -2.52. The second kappa shape index (κ2) is 8.69. The van der Waals surface area contributed by atoms with Crippen LogP contribution in [0.1, 0.15) is 39.4 Å². The predicted molar refractivity (Wildman–Crippen MR) is 108 cm³/mol. The molecule has 6 nitrogen and oxygen atoms in total. The number of carboxylic acid groups (broad SMARTS) is 1. The summed E-state index contributed by atoms with van der Waals surface area (Å²) >= 11 is 1.04. The van der Waals surface area contributed by atoms with Gasteiger partial charge in [-0.3, -0.25) is 9.80 Å². The van der Waals surface area contributed by atoms with Crippen molar-refractivity contribution in [3.05, 3.63) is 51.7 Å². The summed E-state index contributed by atoms with van der Waals surface area (Å²) in [6, 6.07) is 8.72. The first-order chi connectivity index (χ1) is 14.4. The van der Waals surface area contributed by atoms with Crippen molar-refractivity contribution in [1.29, 1.82) is 0 Å². The first kappa shape index (κ1) is 20.7. The highest BCUT2D eigenvalue weighted by Gasteiger charge is 2.37. The monoisotopic (exact) mass is 436 g/mol. The summed E-state index contributed by atoms with van der Waals surface area (Å²) in [6.45, 7) is 2.74. The number of benzene rings is 1. The van der Waals surface area contributed by atoms with Gasteiger partial charge in [0.2, 0.25) is 0 Å². The maximum Gasteiger partial charge on any atom is 0.414 e. The molecular weight excluding hydrogens is 414 g/mol. The molecule has 1 aromatic carbocycles. The van der Waals surface area contributed by atoms with Crippen molar-refractivity contribution >= 4 is 29.1 Å². The van der Waals surface area contributed by atoms with Gasteiger partial charge in [0.05, 0.1) is 6.54 Å². The van der Waals surface area contributed by atoms with Crippen LogP contribution in [-0.4, -0.2) is 47.8 Å². The van der Waals surface area contributed by atoms with E-state index >= 15 is 0 Å². The van der Waals surface area contributed by atoms with Gasteiger partial charge in [-0.2, -0.15) is 0 Å². The highest BCUT2D eigenvalue weighted by molar-refractivity contribution is 7.13. The number of hydrogen-bond donors (Lipinski definition) is 1. The number of piperidine rings is 3. The minimum atomic E-state index is -2.66. The number of aromatic carboxylic acids is 1. The maximum atomic E-state index is 13.2. The Bertz CT molecular complexity index is 927. The number of carbonyl (C=O) groups excluding carboxylic acids is 1. The Morgan fingerprint density at radius 3 is 2.60 bits per heavy atom. The lowest BCUT2D eigenvalue weighted by molar-refractivity contribution is -0.0311. The number of ether oxygens (including phenoxy) is 1. The lowest BCUT2D eigenvalue weighted by Crippen LogP contribution is -2.53. The molecule has 2 bridgehead atoms. The molecule has 5 rings (SSSR count). The molecule has 1 atom stereocenters. The maximum absolute atomic E-state index is 13.2. The number of hydrogen-bond acceptors (Lipinski definition) is 5. The number of rotatable bonds is 6. The molecule has 3 fully saturated rings. The van der Waals surface area contributed by atoms with E-state index in [9.17, 15) is 18.4 Å². The first-order valence-electron chi connectivity index (χ1n) is 9.81. The van der Waals surface area contributed by atoms with Crippen LogP contribution in [0.5, 0.6) is 0 Å². The average Bonchev–Trinajstić information content (AvgIpc) is 3.22. The summed E-state index contributed by atoms with van der Waals surface area (Å²) in [5, 5.41) is 9.15. The number of alkyl halides is 2. The third-order valence-electron chi connectivity index (χ3n) is 5.69. The second-order valence-corrected chi connectivity index (χ2v) is 8.78. The number of amides is 1. The zero-order chi connectivity index (χ0) is 21.3. The van der Waals surface area contributed by atoms with Crippen LogP contribution in [-0.2, 0) is 11.3 Å². The molecular formula is C21H22F2N2O4S. The molecule has 0 aliphatic carbocycles. The van der Waals surface area contributed by atoms with Crippen LogP contribution in [0.4, 0.5) is 19.3 Å². The lowest BCUT2D eigenvalue weighted by atomic mass is 9.86. The van der Waals surface area contributed by atoms with E-state index in [4.69, 9.17) is 9.84 Å². The molecule has 1 aromatic heterocycles. The normalized spacial score (nSPS) is 22.8. The number of fused-ring (bicyclic) bond motifs is 3. The number of thiophene rings is 1. The lowest BCUT2D eigenvalue weighted by Gasteiger charge is -2.44. The van der Waals surface area contributed by atoms with Crippen molar-refractivity contribution in [2.24, 2.45) is 5.92 Å². The molecule has 2 aromatic rings. The molecule has 0 spiro atoms. The van der Waals surface area contributed by atoms with Crippen LogP contribution in [0.2, 0.25) is 0 Å². The molecule has 0 unspecified atom stereocenters. The quantitative estimate of drug-likeness (QED) is 0.716. The van der Waals surface area contributed by atoms with Gasteiger partial charge in [-0.05, 0) is 56.1 Å². The van der Waals surface area contributed by atoms with Crippen LogP contribution >= 0.6 is 11.3 Å². The van der Waals surface area contributed by atoms with Crippen molar-refractivity contribution in [2.75, 3.05) is 24.5 Å². The molecule has 3 aliphatic heterocycles. The Labute approximate surface area is 176 Å². The van der Waals surface area contributed by atoms with E-state index < -0.39 is 18.5 Å². The zero-order valence-electron chi connectivity index (χ0n) is 16.2. The smallest absolute Gasteiger partial charge is 0.414 e. The van der Waals surface area contributed by atoms with Gasteiger partial charge in [0, 0.05) is 22.7 Å². The van der Waals surface area contributed by atoms with Crippen LogP contribution < -0.4 is 4.90 Å². The van der Waals surface area contributed by atoms with Crippen molar-refractivity contribution in [3.63, 3.8) is 0 Å². The average molecular weight is 436 g/mol. The highest BCUT2D eigenvalue weighted by atomic mass is 32.1. The number of carboxylic acids is 1. The third-order valence-corrected chi connectivity index (χ3v) is 6.75.